The second kappa shape index (κ2) is 8.41. The third-order valence-electron chi connectivity index (χ3n) is 5.26. The van der Waals surface area contributed by atoms with E-state index in [4.69, 9.17) is 18.9 Å². The van der Waals surface area contributed by atoms with Crippen LogP contribution in [0.2, 0.25) is 0 Å². The Hall–Kier alpha value is -3.16. The van der Waals surface area contributed by atoms with E-state index in [2.05, 4.69) is 15.9 Å². The van der Waals surface area contributed by atoms with Crippen LogP contribution in [0.3, 0.4) is 0 Å². The van der Waals surface area contributed by atoms with Gasteiger partial charge in [-0.15, -0.1) is 0 Å². The molecule has 3 aromatic carbocycles. The van der Waals surface area contributed by atoms with Gasteiger partial charge < -0.3 is 18.9 Å². The first kappa shape index (κ1) is 20.7. The molecule has 0 fully saturated rings. The highest BCUT2D eigenvalue weighted by Gasteiger charge is 2.30. The van der Waals surface area contributed by atoms with E-state index >= 15 is 0 Å². The van der Waals surface area contributed by atoms with Gasteiger partial charge in [0.2, 0.25) is 5.78 Å². The number of rotatable bonds is 4. The lowest BCUT2D eigenvalue weighted by Crippen LogP contribution is -2.14. The average molecular weight is 497 g/mol. The molecular weight excluding hydrogens is 479 g/mol. The number of benzene rings is 3. The van der Waals surface area contributed by atoms with Crippen LogP contribution in [0.1, 0.15) is 32.6 Å². The third kappa shape index (κ3) is 4.01. The predicted octanol–water partition coefficient (Wildman–Crippen LogP) is 5.96. The summed E-state index contributed by atoms with van der Waals surface area (Å²) >= 11 is 3.51. The molecule has 2 aliphatic heterocycles. The second-order valence-electron chi connectivity index (χ2n) is 7.56. The highest BCUT2D eigenvalue weighted by atomic mass is 79.9. The molecule has 5 rings (SSSR count). The maximum Gasteiger partial charge on any atom is 0.232 e. The maximum atomic E-state index is 13.2. The Morgan fingerprint density at radius 2 is 1.97 bits per heavy atom. The molecule has 2 aliphatic rings. The van der Waals surface area contributed by atoms with Crippen LogP contribution in [0.4, 0.5) is 4.39 Å². The molecule has 0 saturated carbocycles. The summed E-state index contributed by atoms with van der Waals surface area (Å²) in [7, 11) is 0. The Morgan fingerprint density at radius 1 is 1.16 bits per heavy atom. The smallest absolute Gasteiger partial charge is 0.232 e. The van der Waals surface area contributed by atoms with E-state index in [-0.39, 0.29) is 30.8 Å². The van der Waals surface area contributed by atoms with Gasteiger partial charge in [-0.1, -0.05) is 28.1 Å². The van der Waals surface area contributed by atoms with Crippen molar-refractivity contribution in [3.05, 3.63) is 92.4 Å². The third-order valence-corrected chi connectivity index (χ3v) is 5.72. The number of Topliss-reactive ketones (excluding diaryl/α,β-unsaturated/α-hetero) is 1. The molecule has 0 aliphatic carbocycles. The van der Waals surface area contributed by atoms with Crippen molar-refractivity contribution in [3.8, 4) is 17.2 Å². The van der Waals surface area contributed by atoms with Crippen LogP contribution in [0.5, 0.6) is 17.2 Å². The van der Waals surface area contributed by atoms with Crippen molar-refractivity contribution in [2.45, 2.75) is 20.1 Å². The normalized spacial score (nSPS) is 15.7. The number of hydrogen-bond donors (Lipinski definition) is 0. The zero-order valence-electron chi connectivity index (χ0n) is 17.1. The van der Waals surface area contributed by atoms with E-state index < -0.39 is 0 Å². The lowest BCUT2D eigenvalue weighted by molar-refractivity contribution is -0.0176. The lowest BCUT2D eigenvalue weighted by Gasteiger charge is -2.21. The summed E-state index contributed by atoms with van der Waals surface area (Å²) in [5, 5.41) is 0. The van der Waals surface area contributed by atoms with E-state index in [1.165, 1.54) is 12.1 Å². The number of fused-ring (bicyclic) bond motifs is 2. The topological polar surface area (TPSA) is 54.0 Å². The monoisotopic (exact) mass is 496 g/mol. The van der Waals surface area contributed by atoms with Crippen molar-refractivity contribution in [2.24, 2.45) is 0 Å². The molecule has 0 N–H and O–H groups in total. The van der Waals surface area contributed by atoms with Crippen molar-refractivity contribution >= 4 is 27.8 Å². The van der Waals surface area contributed by atoms with Crippen LogP contribution < -0.4 is 14.2 Å². The molecule has 3 aromatic rings. The minimum atomic E-state index is -0.337. The molecule has 0 radical (unpaired) electrons. The summed E-state index contributed by atoms with van der Waals surface area (Å²) in [6.07, 6.45) is 1.61. The van der Waals surface area contributed by atoms with E-state index in [1.807, 2.05) is 25.1 Å². The molecule has 0 amide bonds. The summed E-state index contributed by atoms with van der Waals surface area (Å²) in [6.45, 7) is 2.82. The fraction of sp³-hybridized carbons (Fsp3) is 0.160. The standard InChI is InChI=1S/C25H18BrFO5/c1-14-6-20(30-12-17-9-18(26)8-16-11-29-13-31-25(16)17)10-21-23(14)24(28)22(32-21)7-15-2-4-19(27)5-3-15/h2-10H,11-13H2,1H3/b22-7-. The Morgan fingerprint density at radius 3 is 2.78 bits per heavy atom. The largest absolute Gasteiger partial charge is 0.489 e. The van der Waals surface area contributed by atoms with Crippen LogP contribution in [0.15, 0.2) is 58.8 Å². The fourth-order valence-electron chi connectivity index (χ4n) is 3.80. The molecule has 0 unspecified atom stereocenters. The molecule has 0 bridgehead atoms. The summed E-state index contributed by atoms with van der Waals surface area (Å²) < 4.78 is 36.9. The second-order valence-corrected chi connectivity index (χ2v) is 8.47. The first-order chi connectivity index (χ1) is 15.5. The minimum absolute atomic E-state index is 0.196. The summed E-state index contributed by atoms with van der Waals surface area (Å²) in [5.41, 5.74) is 3.79. The van der Waals surface area contributed by atoms with Gasteiger partial charge in [-0.3, -0.25) is 4.79 Å². The fourth-order valence-corrected chi connectivity index (χ4v) is 4.35. The first-order valence-corrected chi connectivity index (χ1v) is 10.8. The van der Waals surface area contributed by atoms with Crippen molar-refractivity contribution in [3.63, 3.8) is 0 Å². The Bertz CT molecular complexity index is 1250. The van der Waals surface area contributed by atoms with Gasteiger partial charge in [-0.2, -0.15) is 0 Å². The molecule has 0 atom stereocenters. The molecular formula is C25H18BrFO5. The first-order valence-electron chi connectivity index (χ1n) is 9.97. The molecule has 7 heteroatoms. The summed E-state index contributed by atoms with van der Waals surface area (Å²) in [4.78, 5) is 12.8. The van der Waals surface area contributed by atoms with Crippen LogP contribution in [0.25, 0.3) is 6.08 Å². The molecule has 162 valence electrons. The van der Waals surface area contributed by atoms with Crippen molar-refractivity contribution in [1.82, 2.24) is 0 Å². The zero-order chi connectivity index (χ0) is 22.2. The quantitative estimate of drug-likeness (QED) is 0.417. The molecule has 0 aromatic heterocycles. The summed E-state index contributed by atoms with van der Waals surface area (Å²) in [5.74, 6) is 1.45. The van der Waals surface area contributed by atoms with Gasteiger partial charge in [0.1, 0.15) is 29.7 Å². The highest BCUT2D eigenvalue weighted by molar-refractivity contribution is 9.10. The van der Waals surface area contributed by atoms with E-state index in [9.17, 15) is 9.18 Å². The number of carbonyl (C=O) groups is 1. The van der Waals surface area contributed by atoms with E-state index in [0.717, 1.165) is 26.9 Å². The maximum absolute atomic E-state index is 13.2. The SMILES string of the molecule is Cc1cc(OCc2cc(Br)cc3c2OCOC3)cc2c1C(=O)/C(=C/c1ccc(F)cc1)O2. The van der Waals surface area contributed by atoms with Gasteiger partial charge in [0.25, 0.3) is 0 Å². The van der Waals surface area contributed by atoms with Crippen molar-refractivity contribution < 1.29 is 28.1 Å². The molecule has 0 saturated heterocycles. The van der Waals surface area contributed by atoms with Crippen molar-refractivity contribution in [2.75, 3.05) is 6.79 Å². The van der Waals surface area contributed by atoms with Gasteiger partial charge >= 0.3 is 0 Å². The number of hydrogen-bond acceptors (Lipinski definition) is 5. The van der Waals surface area contributed by atoms with Gasteiger partial charge in [0.05, 0.1) is 12.2 Å². The number of allylic oxidation sites excluding steroid dienone is 1. The van der Waals surface area contributed by atoms with Gasteiger partial charge in [-0.05, 0) is 54.5 Å². The van der Waals surface area contributed by atoms with E-state index in [0.29, 0.717) is 29.2 Å². The average Bonchev–Trinajstić information content (AvgIpc) is 3.09. The van der Waals surface area contributed by atoms with Crippen molar-refractivity contribution in [1.29, 1.82) is 0 Å². The Balaban J connectivity index is 1.38. The molecule has 0 spiro atoms. The highest BCUT2D eigenvalue weighted by Crippen LogP contribution is 2.38. The number of carbonyl (C=O) groups excluding carboxylic acids is 1. The van der Waals surface area contributed by atoms with E-state index in [1.54, 1.807) is 24.3 Å². The van der Waals surface area contributed by atoms with Crippen LogP contribution in [0, 0.1) is 12.7 Å². The van der Waals surface area contributed by atoms with Gasteiger partial charge in [-0.25, -0.2) is 4.39 Å². The molecule has 32 heavy (non-hydrogen) atoms. The van der Waals surface area contributed by atoms with Crippen LogP contribution in [-0.4, -0.2) is 12.6 Å². The molecule has 5 nitrogen and oxygen atoms in total. The van der Waals surface area contributed by atoms with Crippen LogP contribution in [-0.2, 0) is 18.0 Å². The van der Waals surface area contributed by atoms with Crippen LogP contribution >= 0.6 is 15.9 Å². The minimum Gasteiger partial charge on any atom is -0.489 e. The number of ketones is 1. The number of aryl methyl sites for hydroxylation is 1. The molecule has 2 heterocycles. The Labute approximate surface area is 192 Å². The summed E-state index contributed by atoms with van der Waals surface area (Å²) in [6, 6.07) is 13.3. The number of ether oxygens (including phenoxy) is 4. The predicted molar refractivity (Wildman–Crippen MR) is 119 cm³/mol. The number of halogens is 2. The lowest BCUT2D eigenvalue weighted by atomic mass is 10.0. The Kier molecular flexibility index (Phi) is 5.45. The van der Waals surface area contributed by atoms with Gasteiger partial charge in [0, 0.05) is 21.7 Å². The van der Waals surface area contributed by atoms with Gasteiger partial charge in [0.15, 0.2) is 12.6 Å². The zero-order valence-corrected chi connectivity index (χ0v) is 18.7.